The number of nitrogens with one attached hydrogen (secondary N) is 2. The van der Waals surface area contributed by atoms with Crippen molar-refractivity contribution in [3.05, 3.63) is 54.1 Å². The SMILES string of the molecule is Cc1cc(Nc2nccc(C(F)F)n2)cc(-c2cnn(CC3OC(=O)NC3C)c2)c1. The van der Waals surface area contributed by atoms with Gasteiger partial charge in [0.05, 0.1) is 18.8 Å². The lowest BCUT2D eigenvalue weighted by Gasteiger charge is -2.12. The normalized spacial score (nSPS) is 18.4. The Balaban J connectivity index is 1.53. The monoisotopic (exact) mass is 414 g/mol. The molecule has 8 nitrogen and oxygen atoms in total. The topological polar surface area (TPSA) is 94.0 Å². The number of cyclic esters (lactones) is 1. The lowest BCUT2D eigenvalue weighted by atomic mass is 10.1. The average molecular weight is 414 g/mol. The molecule has 2 aromatic heterocycles. The Morgan fingerprint density at radius 1 is 1.30 bits per heavy atom. The summed E-state index contributed by atoms with van der Waals surface area (Å²) in [6.07, 6.45) is 1.51. The second kappa shape index (κ2) is 8.05. The summed E-state index contributed by atoms with van der Waals surface area (Å²) in [5.41, 5.74) is 3.07. The van der Waals surface area contributed by atoms with Crippen LogP contribution >= 0.6 is 0 Å². The Hall–Kier alpha value is -3.56. The molecule has 3 aromatic rings. The highest BCUT2D eigenvalue weighted by Crippen LogP contribution is 2.26. The molecule has 0 bridgehead atoms. The summed E-state index contributed by atoms with van der Waals surface area (Å²) >= 11 is 0. The van der Waals surface area contributed by atoms with E-state index in [1.807, 2.05) is 38.2 Å². The summed E-state index contributed by atoms with van der Waals surface area (Å²) in [6, 6.07) is 6.82. The van der Waals surface area contributed by atoms with Crippen LogP contribution in [0.3, 0.4) is 0 Å². The molecule has 2 N–H and O–H groups in total. The zero-order chi connectivity index (χ0) is 21.3. The number of aryl methyl sites for hydroxylation is 1. The molecule has 1 aliphatic rings. The number of halogens is 2. The molecule has 2 atom stereocenters. The standard InChI is InChI=1S/C20H20F2N6O2/c1-11-5-13(7-15(6-11)26-19-23-4-3-16(27-19)18(21)22)14-8-24-28(9-14)10-17-12(2)25-20(29)30-17/h3-9,12,17-18H,10H2,1-2H3,(H,25,29)(H,23,26,27). The molecule has 3 heterocycles. The van der Waals surface area contributed by atoms with Crippen molar-refractivity contribution < 1.29 is 18.3 Å². The van der Waals surface area contributed by atoms with Gasteiger partial charge in [0, 0.05) is 23.6 Å². The molecular formula is C20H20F2N6O2. The second-order valence-corrected chi connectivity index (χ2v) is 7.15. The number of amides is 1. The van der Waals surface area contributed by atoms with Gasteiger partial charge in [-0.25, -0.2) is 23.5 Å². The van der Waals surface area contributed by atoms with Crippen LogP contribution in [-0.4, -0.2) is 38.0 Å². The number of nitrogens with zero attached hydrogens (tertiary/aromatic N) is 4. The van der Waals surface area contributed by atoms with E-state index in [1.165, 1.54) is 12.3 Å². The van der Waals surface area contributed by atoms with Gasteiger partial charge in [-0.05, 0) is 43.2 Å². The van der Waals surface area contributed by atoms with Crippen LogP contribution in [0.25, 0.3) is 11.1 Å². The largest absolute Gasteiger partial charge is 0.442 e. The van der Waals surface area contributed by atoms with Crippen LogP contribution in [0.1, 0.15) is 24.6 Å². The molecule has 1 saturated heterocycles. The van der Waals surface area contributed by atoms with Gasteiger partial charge >= 0.3 is 6.09 Å². The number of ether oxygens (including phenoxy) is 1. The quantitative estimate of drug-likeness (QED) is 0.637. The first kappa shape index (κ1) is 19.7. The van der Waals surface area contributed by atoms with Gasteiger partial charge in [0.2, 0.25) is 5.95 Å². The van der Waals surface area contributed by atoms with E-state index >= 15 is 0 Å². The highest BCUT2D eigenvalue weighted by Gasteiger charge is 2.30. The van der Waals surface area contributed by atoms with Gasteiger partial charge in [0.15, 0.2) is 0 Å². The van der Waals surface area contributed by atoms with E-state index in [0.717, 1.165) is 16.7 Å². The molecular weight excluding hydrogens is 394 g/mol. The number of hydrogen-bond donors (Lipinski definition) is 2. The second-order valence-electron chi connectivity index (χ2n) is 7.15. The van der Waals surface area contributed by atoms with Crippen molar-refractivity contribution in [3.8, 4) is 11.1 Å². The lowest BCUT2D eigenvalue weighted by molar-refractivity contribution is 0.120. The van der Waals surface area contributed by atoms with Crippen molar-refractivity contribution in [3.63, 3.8) is 0 Å². The Morgan fingerprint density at radius 2 is 2.13 bits per heavy atom. The van der Waals surface area contributed by atoms with Gasteiger partial charge in [0.1, 0.15) is 11.8 Å². The highest BCUT2D eigenvalue weighted by molar-refractivity contribution is 5.71. The Bertz CT molecular complexity index is 1070. The summed E-state index contributed by atoms with van der Waals surface area (Å²) in [7, 11) is 0. The van der Waals surface area contributed by atoms with E-state index in [1.54, 1.807) is 10.9 Å². The minimum atomic E-state index is -2.66. The maximum Gasteiger partial charge on any atom is 0.407 e. The fourth-order valence-electron chi connectivity index (χ4n) is 3.25. The maximum absolute atomic E-state index is 12.9. The zero-order valence-electron chi connectivity index (χ0n) is 16.3. The van der Waals surface area contributed by atoms with Crippen LogP contribution in [0, 0.1) is 6.92 Å². The predicted molar refractivity (Wildman–Crippen MR) is 106 cm³/mol. The van der Waals surface area contributed by atoms with Gasteiger partial charge in [0.25, 0.3) is 6.43 Å². The van der Waals surface area contributed by atoms with Crippen molar-refractivity contribution in [1.82, 2.24) is 25.1 Å². The number of aromatic nitrogens is 4. The van der Waals surface area contributed by atoms with E-state index in [-0.39, 0.29) is 23.8 Å². The molecule has 1 aliphatic heterocycles. The third-order valence-electron chi connectivity index (χ3n) is 4.73. The minimum Gasteiger partial charge on any atom is -0.442 e. The molecule has 1 aromatic carbocycles. The Morgan fingerprint density at radius 3 is 2.87 bits per heavy atom. The van der Waals surface area contributed by atoms with Crippen molar-refractivity contribution in [2.45, 2.75) is 39.0 Å². The van der Waals surface area contributed by atoms with Crippen molar-refractivity contribution in [2.24, 2.45) is 0 Å². The number of carbonyl (C=O) groups excluding carboxylic acids is 1. The fraction of sp³-hybridized carbons (Fsp3) is 0.300. The van der Waals surface area contributed by atoms with Crippen LogP contribution in [0.5, 0.6) is 0 Å². The number of alkyl halides is 2. The van der Waals surface area contributed by atoms with E-state index in [4.69, 9.17) is 4.74 Å². The number of benzene rings is 1. The number of alkyl carbamates (subject to hydrolysis) is 1. The van der Waals surface area contributed by atoms with E-state index in [0.29, 0.717) is 12.2 Å². The van der Waals surface area contributed by atoms with Crippen LogP contribution in [0.4, 0.5) is 25.2 Å². The average Bonchev–Trinajstić information content (AvgIpc) is 3.28. The molecule has 0 aliphatic carbocycles. The molecule has 2 unspecified atom stereocenters. The molecule has 4 rings (SSSR count). The highest BCUT2D eigenvalue weighted by atomic mass is 19.3. The van der Waals surface area contributed by atoms with E-state index < -0.39 is 12.5 Å². The van der Waals surface area contributed by atoms with E-state index in [9.17, 15) is 13.6 Å². The lowest BCUT2D eigenvalue weighted by Crippen LogP contribution is -2.31. The summed E-state index contributed by atoms with van der Waals surface area (Å²) in [5, 5.41) is 10.0. The van der Waals surface area contributed by atoms with Gasteiger partial charge in [-0.1, -0.05) is 6.07 Å². The summed E-state index contributed by atoms with van der Waals surface area (Å²) in [4.78, 5) is 19.2. The first-order chi connectivity index (χ1) is 14.4. The molecule has 0 saturated carbocycles. The first-order valence-corrected chi connectivity index (χ1v) is 9.37. The van der Waals surface area contributed by atoms with Crippen LogP contribution < -0.4 is 10.6 Å². The first-order valence-electron chi connectivity index (χ1n) is 9.37. The molecule has 1 amide bonds. The summed E-state index contributed by atoms with van der Waals surface area (Å²) < 4.78 is 32.7. The van der Waals surface area contributed by atoms with Gasteiger partial charge in [-0.3, -0.25) is 4.68 Å². The minimum absolute atomic E-state index is 0.0936. The van der Waals surface area contributed by atoms with Crippen LogP contribution in [0.2, 0.25) is 0 Å². The van der Waals surface area contributed by atoms with Crippen molar-refractivity contribution in [2.75, 3.05) is 5.32 Å². The van der Waals surface area contributed by atoms with Gasteiger partial charge < -0.3 is 15.4 Å². The molecule has 0 radical (unpaired) electrons. The summed E-state index contributed by atoms with van der Waals surface area (Å²) in [5.74, 6) is 0.101. The van der Waals surface area contributed by atoms with E-state index in [2.05, 4.69) is 25.7 Å². The van der Waals surface area contributed by atoms with Crippen LogP contribution in [0.15, 0.2) is 42.9 Å². The molecule has 156 valence electrons. The number of hydrogen-bond acceptors (Lipinski definition) is 6. The van der Waals surface area contributed by atoms with Gasteiger partial charge in [-0.15, -0.1) is 0 Å². The third kappa shape index (κ3) is 4.37. The van der Waals surface area contributed by atoms with Crippen LogP contribution in [-0.2, 0) is 11.3 Å². The van der Waals surface area contributed by atoms with Crippen molar-refractivity contribution in [1.29, 1.82) is 0 Å². The van der Waals surface area contributed by atoms with Crippen molar-refractivity contribution >= 4 is 17.7 Å². The Kier molecular flexibility index (Phi) is 5.30. The molecule has 10 heteroatoms. The number of carbonyl (C=O) groups is 1. The Labute approximate surface area is 171 Å². The maximum atomic E-state index is 12.9. The van der Waals surface area contributed by atoms with Gasteiger partial charge in [-0.2, -0.15) is 5.10 Å². The number of anilines is 2. The zero-order valence-corrected chi connectivity index (χ0v) is 16.3. The molecule has 30 heavy (non-hydrogen) atoms. The fourth-order valence-corrected chi connectivity index (χ4v) is 3.25. The molecule has 0 spiro atoms. The molecule has 1 fully saturated rings. The smallest absolute Gasteiger partial charge is 0.407 e. The predicted octanol–water partition coefficient (Wildman–Crippen LogP) is 3.83. The summed E-state index contributed by atoms with van der Waals surface area (Å²) in [6.45, 7) is 4.25. The third-order valence-corrected chi connectivity index (χ3v) is 4.73. The number of rotatable bonds is 6.